The minimum atomic E-state index is 0.293. The van der Waals surface area contributed by atoms with E-state index in [1.165, 1.54) is 33.5 Å². The summed E-state index contributed by atoms with van der Waals surface area (Å²) in [6, 6.07) is 6.22. The van der Waals surface area contributed by atoms with Crippen LogP contribution in [0.2, 0.25) is 5.02 Å². The Hall–Kier alpha value is -2.13. The maximum Gasteiger partial charge on any atom is 0.204 e. The summed E-state index contributed by atoms with van der Waals surface area (Å²) in [6.07, 6.45) is 7.82. The number of allylic oxidation sites excluding steroid dienone is 4. The Kier molecular flexibility index (Phi) is 5.31. The van der Waals surface area contributed by atoms with Crippen LogP contribution in [0, 0.1) is 0 Å². The van der Waals surface area contributed by atoms with E-state index in [2.05, 4.69) is 18.3 Å². The van der Waals surface area contributed by atoms with Crippen molar-refractivity contribution in [1.29, 1.82) is 0 Å². The van der Waals surface area contributed by atoms with Gasteiger partial charge in [0.05, 0.1) is 0 Å². The highest BCUT2D eigenvalue weighted by molar-refractivity contribution is 6.30. The van der Waals surface area contributed by atoms with Gasteiger partial charge >= 0.3 is 0 Å². The average molecular weight is 383 g/mol. The fraction of sp³-hybridized carbons (Fsp3) is 0.409. The molecule has 0 atom stereocenters. The normalized spacial score (nSPS) is 19.9. The van der Waals surface area contributed by atoms with Gasteiger partial charge in [0.1, 0.15) is 0 Å². The molecule has 0 bridgehead atoms. The minimum Gasteiger partial charge on any atom is -0.399 e. The highest BCUT2D eigenvalue weighted by Gasteiger charge is 2.25. The van der Waals surface area contributed by atoms with Crippen LogP contribution in [-0.4, -0.2) is 30.3 Å². The first-order valence-electron chi connectivity index (χ1n) is 9.52. The third kappa shape index (κ3) is 3.93. The Morgan fingerprint density at radius 2 is 1.96 bits per heavy atom. The van der Waals surface area contributed by atoms with Gasteiger partial charge in [-0.15, -0.1) is 5.06 Å². The number of carbonyl (C=O) groups excluding carboxylic acids is 1. The zero-order valence-corrected chi connectivity index (χ0v) is 16.3. The molecule has 0 unspecified atom stereocenters. The van der Waals surface area contributed by atoms with Gasteiger partial charge in [-0.1, -0.05) is 23.2 Å². The van der Waals surface area contributed by atoms with Crippen molar-refractivity contribution in [2.75, 3.05) is 13.1 Å². The summed E-state index contributed by atoms with van der Waals surface area (Å²) < 4.78 is 0. The summed E-state index contributed by atoms with van der Waals surface area (Å²) in [5.74, 6) is 2.09. The Balaban J connectivity index is 1.56. The number of aryl methyl sites for hydroxylation is 1. The maximum absolute atomic E-state index is 10.6. The first kappa shape index (κ1) is 18.2. The second-order valence-electron chi connectivity index (χ2n) is 7.29. The zero-order chi connectivity index (χ0) is 18.8. The first-order valence-corrected chi connectivity index (χ1v) is 9.89. The van der Waals surface area contributed by atoms with Crippen LogP contribution in [0.5, 0.6) is 0 Å². The second kappa shape index (κ2) is 7.85. The molecule has 1 aromatic carbocycles. The fourth-order valence-corrected chi connectivity index (χ4v) is 4.42. The molecule has 2 heterocycles. The smallest absolute Gasteiger partial charge is 0.204 e. The fourth-order valence-electron chi connectivity index (χ4n) is 4.23. The van der Waals surface area contributed by atoms with Crippen LogP contribution in [0.15, 0.2) is 51.4 Å². The molecule has 0 spiro atoms. The monoisotopic (exact) mass is 382 g/mol. The molecule has 4 rings (SSSR count). The summed E-state index contributed by atoms with van der Waals surface area (Å²) in [6.45, 7) is 3.24. The lowest BCUT2D eigenvalue weighted by atomic mass is 9.87. The van der Waals surface area contributed by atoms with E-state index in [1.807, 2.05) is 11.1 Å². The molecule has 140 valence electrons. The predicted molar refractivity (Wildman–Crippen MR) is 107 cm³/mol. The summed E-state index contributed by atoms with van der Waals surface area (Å²) in [7, 11) is 0. The van der Waals surface area contributed by atoms with Crippen LogP contribution in [0.4, 0.5) is 0 Å². The van der Waals surface area contributed by atoms with E-state index in [0.29, 0.717) is 5.76 Å². The lowest BCUT2D eigenvalue weighted by Gasteiger charge is -2.30. The highest BCUT2D eigenvalue weighted by Crippen LogP contribution is 2.37. The molecule has 0 saturated carbocycles. The van der Waals surface area contributed by atoms with Gasteiger partial charge in [-0.25, -0.2) is 4.79 Å². The molecule has 0 N–H and O–H groups in total. The number of aliphatic imine (C=N–C) groups is 1. The topological polar surface area (TPSA) is 41.9 Å². The third-order valence-corrected chi connectivity index (χ3v) is 5.82. The van der Waals surface area contributed by atoms with Gasteiger partial charge in [0.15, 0.2) is 5.94 Å². The number of hydroxylamine groups is 2. The van der Waals surface area contributed by atoms with E-state index < -0.39 is 0 Å². The quantitative estimate of drug-likeness (QED) is 0.553. The molecular weight excluding hydrogens is 360 g/mol. The number of fused-ring (bicyclic) bond motifs is 1. The highest BCUT2D eigenvalue weighted by atomic mass is 35.5. The molecule has 1 aromatic rings. The third-order valence-electron chi connectivity index (χ3n) is 5.59. The zero-order valence-electron chi connectivity index (χ0n) is 15.6. The number of hydrogen-bond donors (Lipinski definition) is 0. The number of halogens is 1. The van der Waals surface area contributed by atoms with E-state index in [1.54, 1.807) is 12.9 Å². The van der Waals surface area contributed by atoms with Gasteiger partial charge in [0.25, 0.3) is 0 Å². The van der Waals surface area contributed by atoms with Crippen molar-refractivity contribution in [1.82, 2.24) is 5.06 Å². The van der Waals surface area contributed by atoms with Gasteiger partial charge < -0.3 is 4.84 Å². The van der Waals surface area contributed by atoms with Gasteiger partial charge in [-0.2, -0.15) is 0 Å². The van der Waals surface area contributed by atoms with E-state index >= 15 is 0 Å². The van der Waals surface area contributed by atoms with E-state index in [4.69, 9.17) is 21.4 Å². The van der Waals surface area contributed by atoms with Crippen molar-refractivity contribution >= 4 is 23.8 Å². The molecule has 3 aliphatic rings. The second-order valence-corrected chi connectivity index (χ2v) is 7.73. The average Bonchev–Trinajstić information content (AvgIpc) is 2.87. The standard InChI is InChI=1S/C22H23ClN2O2/c1-15(14-26)27-25-10-7-16(8-11-25)20-6-9-24-22-13-18-2-4-19(23)12-17(18)3-5-21(20)22/h2,4,9,12H,3,5-8,10-11,13H2,1H3. The van der Waals surface area contributed by atoms with Crippen LogP contribution in [0.1, 0.15) is 43.7 Å². The largest absolute Gasteiger partial charge is 0.399 e. The summed E-state index contributed by atoms with van der Waals surface area (Å²) in [5, 5.41) is 2.67. The lowest BCUT2D eigenvalue weighted by Crippen LogP contribution is -2.31. The van der Waals surface area contributed by atoms with Crippen LogP contribution in [0.3, 0.4) is 0 Å². The Morgan fingerprint density at radius 3 is 2.74 bits per heavy atom. The molecule has 0 radical (unpaired) electrons. The summed E-state index contributed by atoms with van der Waals surface area (Å²) in [4.78, 5) is 20.9. The van der Waals surface area contributed by atoms with Crippen molar-refractivity contribution in [3.05, 3.63) is 62.5 Å². The van der Waals surface area contributed by atoms with Crippen molar-refractivity contribution in [3.8, 4) is 0 Å². The van der Waals surface area contributed by atoms with E-state index in [9.17, 15) is 4.79 Å². The van der Waals surface area contributed by atoms with Crippen LogP contribution in [0.25, 0.3) is 0 Å². The Bertz CT molecular complexity index is 897. The number of piperidine rings is 1. The number of nitrogens with zero attached hydrogens (tertiary/aromatic N) is 2. The molecular formula is C22H23ClN2O2. The molecule has 0 aromatic heterocycles. The molecule has 2 aliphatic heterocycles. The van der Waals surface area contributed by atoms with Crippen molar-refractivity contribution in [2.45, 2.75) is 45.4 Å². The van der Waals surface area contributed by atoms with E-state index in [-0.39, 0.29) is 0 Å². The molecule has 0 amide bonds. The summed E-state index contributed by atoms with van der Waals surface area (Å²) in [5.41, 5.74) is 8.30. The van der Waals surface area contributed by atoms with Crippen LogP contribution < -0.4 is 0 Å². The lowest BCUT2D eigenvalue weighted by molar-refractivity contribution is -0.122. The number of benzene rings is 1. The first-order chi connectivity index (χ1) is 13.1. The Labute approximate surface area is 164 Å². The van der Waals surface area contributed by atoms with Gasteiger partial charge in [0, 0.05) is 49.8 Å². The molecule has 27 heavy (non-hydrogen) atoms. The maximum atomic E-state index is 10.6. The van der Waals surface area contributed by atoms with Crippen LogP contribution >= 0.6 is 11.6 Å². The van der Waals surface area contributed by atoms with Gasteiger partial charge in [-0.3, -0.25) is 4.99 Å². The molecule has 1 saturated heterocycles. The summed E-state index contributed by atoms with van der Waals surface area (Å²) >= 11 is 6.20. The number of rotatable bonds is 2. The molecule has 5 heteroatoms. The molecule has 1 fully saturated rings. The minimum absolute atomic E-state index is 0.293. The molecule has 1 aliphatic carbocycles. The predicted octanol–water partition coefficient (Wildman–Crippen LogP) is 4.62. The van der Waals surface area contributed by atoms with Crippen molar-refractivity contribution in [2.24, 2.45) is 4.99 Å². The van der Waals surface area contributed by atoms with Crippen molar-refractivity contribution in [3.63, 3.8) is 0 Å². The van der Waals surface area contributed by atoms with Gasteiger partial charge in [-0.05, 0) is 60.1 Å². The SMILES string of the molecule is CC(=C=O)ON1CCC(=C2CC=NC3=C2CCc2cc(Cl)ccc2C3)CC1. The van der Waals surface area contributed by atoms with Crippen molar-refractivity contribution < 1.29 is 9.63 Å². The van der Waals surface area contributed by atoms with Gasteiger partial charge in [0.2, 0.25) is 5.76 Å². The Morgan fingerprint density at radius 1 is 1.15 bits per heavy atom. The molecule has 4 nitrogen and oxygen atoms in total. The number of hydrogen-bond acceptors (Lipinski definition) is 4. The van der Waals surface area contributed by atoms with Crippen LogP contribution in [-0.2, 0) is 22.5 Å². The van der Waals surface area contributed by atoms with E-state index in [0.717, 1.165) is 56.6 Å².